The zero-order chi connectivity index (χ0) is 10.8. The Hall–Kier alpha value is -1.02. The molecule has 2 rings (SSSR count). The minimum atomic E-state index is 0.580. The molecule has 0 radical (unpaired) electrons. The zero-order valence-corrected chi connectivity index (χ0v) is 9.61. The lowest BCUT2D eigenvalue weighted by atomic mass is 10.0. The van der Waals surface area contributed by atoms with Gasteiger partial charge in [0.15, 0.2) is 0 Å². The highest BCUT2D eigenvalue weighted by molar-refractivity contribution is 5.50. The maximum absolute atomic E-state index is 5.77. The van der Waals surface area contributed by atoms with E-state index in [1.165, 1.54) is 17.7 Å². The van der Waals surface area contributed by atoms with Crippen LogP contribution in [0.3, 0.4) is 0 Å². The van der Waals surface area contributed by atoms with Crippen molar-refractivity contribution in [2.75, 3.05) is 18.0 Å². The number of hydrogen-bond acceptors (Lipinski definition) is 2. The molecule has 1 saturated heterocycles. The van der Waals surface area contributed by atoms with Crippen molar-refractivity contribution in [1.82, 2.24) is 0 Å². The molecule has 15 heavy (non-hydrogen) atoms. The average molecular weight is 204 g/mol. The van der Waals surface area contributed by atoms with Crippen LogP contribution < -0.4 is 10.6 Å². The van der Waals surface area contributed by atoms with Crippen molar-refractivity contribution in [3.05, 3.63) is 29.8 Å². The molecule has 82 valence electrons. The van der Waals surface area contributed by atoms with Crippen LogP contribution in [0.1, 0.15) is 18.9 Å². The lowest BCUT2D eigenvalue weighted by Gasteiger charge is -2.26. The number of nitrogens with two attached hydrogens (primary N) is 1. The Labute approximate surface area is 92.1 Å². The van der Waals surface area contributed by atoms with Gasteiger partial charge in [0, 0.05) is 18.3 Å². The van der Waals surface area contributed by atoms with Crippen LogP contribution >= 0.6 is 0 Å². The molecule has 2 unspecified atom stereocenters. The van der Waals surface area contributed by atoms with Crippen LogP contribution in [0.5, 0.6) is 0 Å². The van der Waals surface area contributed by atoms with E-state index in [1.807, 2.05) is 0 Å². The van der Waals surface area contributed by atoms with Crippen molar-refractivity contribution in [3.8, 4) is 0 Å². The molecule has 0 aromatic heterocycles. The Kier molecular flexibility index (Phi) is 2.96. The largest absolute Gasteiger partial charge is 0.368 e. The zero-order valence-electron chi connectivity index (χ0n) is 9.61. The molecule has 2 N–H and O–H groups in total. The summed E-state index contributed by atoms with van der Waals surface area (Å²) in [5, 5.41) is 0. The number of anilines is 1. The van der Waals surface area contributed by atoms with Crippen LogP contribution in [0.15, 0.2) is 24.3 Å². The first-order valence-electron chi connectivity index (χ1n) is 5.75. The number of aryl methyl sites for hydroxylation is 1. The van der Waals surface area contributed by atoms with Crippen LogP contribution in [-0.4, -0.2) is 19.1 Å². The van der Waals surface area contributed by atoms with Crippen LogP contribution in [0, 0.1) is 12.8 Å². The number of rotatable bonds is 2. The van der Waals surface area contributed by atoms with Crippen LogP contribution in [-0.2, 0) is 0 Å². The first-order chi connectivity index (χ1) is 7.22. The summed E-state index contributed by atoms with van der Waals surface area (Å²) in [6.45, 7) is 6.38. The highest BCUT2D eigenvalue weighted by atomic mass is 15.2. The lowest BCUT2D eigenvalue weighted by Crippen LogP contribution is -2.32. The Morgan fingerprint density at radius 3 is 2.87 bits per heavy atom. The van der Waals surface area contributed by atoms with E-state index >= 15 is 0 Å². The third-order valence-electron chi connectivity index (χ3n) is 3.55. The molecule has 1 aromatic rings. The topological polar surface area (TPSA) is 29.3 Å². The Bertz CT molecular complexity index is 335. The van der Waals surface area contributed by atoms with Crippen LogP contribution in [0.2, 0.25) is 0 Å². The maximum atomic E-state index is 5.77. The van der Waals surface area contributed by atoms with E-state index in [2.05, 4.69) is 43.0 Å². The van der Waals surface area contributed by atoms with Gasteiger partial charge in [-0.05, 0) is 50.4 Å². The predicted molar refractivity (Wildman–Crippen MR) is 65.1 cm³/mol. The van der Waals surface area contributed by atoms with Crippen molar-refractivity contribution in [3.63, 3.8) is 0 Å². The van der Waals surface area contributed by atoms with Crippen LogP contribution in [0.4, 0.5) is 5.69 Å². The third kappa shape index (κ3) is 2.00. The molecule has 2 atom stereocenters. The number of hydrogen-bond donors (Lipinski definition) is 1. The first kappa shape index (κ1) is 10.5. The van der Waals surface area contributed by atoms with E-state index in [0.717, 1.165) is 13.1 Å². The molecule has 2 nitrogen and oxygen atoms in total. The fourth-order valence-electron chi connectivity index (χ4n) is 2.49. The van der Waals surface area contributed by atoms with Gasteiger partial charge in [0.25, 0.3) is 0 Å². The van der Waals surface area contributed by atoms with E-state index in [1.54, 1.807) is 0 Å². The molecule has 0 saturated carbocycles. The number of benzene rings is 1. The van der Waals surface area contributed by atoms with Gasteiger partial charge in [0.05, 0.1) is 0 Å². The summed E-state index contributed by atoms with van der Waals surface area (Å²) in [4.78, 5) is 2.48. The average Bonchev–Trinajstić information content (AvgIpc) is 2.59. The van der Waals surface area contributed by atoms with Gasteiger partial charge in [0.1, 0.15) is 0 Å². The van der Waals surface area contributed by atoms with E-state index < -0.39 is 0 Å². The summed E-state index contributed by atoms with van der Waals surface area (Å²) in [6.07, 6.45) is 1.23. The molecule has 0 aliphatic carbocycles. The molecule has 1 fully saturated rings. The van der Waals surface area contributed by atoms with Gasteiger partial charge in [-0.15, -0.1) is 0 Å². The summed E-state index contributed by atoms with van der Waals surface area (Å²) >= 11 is 0. The summed E-state index contributed by atoms with van der Waals surface area (Å²) in [5.74, 6) is 0.658. The van der Waals surface area contributed by atoms with E-state index in [4.69, 9.17) is 5.73 Å². The summed E-state index contributed by atoms with van der Waals surface area (Å²) in [7, 11) is 0. The van der Waals surface area contributed by atoms with Gasteiger partial charge in [-0.2, -0.15) is 0 Å². The molecule has 1 aromatic carbocycles. The molecule has 0 spiro atoms. The molecule has 1 aliphatic rings. The normalized spacial score (nSPS) is 25.9. The van der Waals surface area contributed by atoms with Gasteiger partial charge < -0.3 is 10.6 Å². The highest BCUT2D eigenvalue weighted by Gasteiger charge is 2.29. The standard InChI is InChI=1S/C13H20N2/c1-10-4-3-5-13(8-10)15-7-6-12(9-14)11(15)2/h3-5,8,11-12H,6-7,9,14H2,1-2H3. The Balaban J connectivity index is 2.18. The molecular weight excluding hydrogens is 184 g/mol. The van der Waals surface area contributed by atoms with Crippen molar-refractivity contribution in [1.29, 1.82) is 0 Å². The predicted octanol–water partition coefficient (Wildman–Crippen LogP) is 2.17. The smallest absolute Gasteiger partial charge is 0.0371 e. The fourth-order valence-corrected chi connectivity index (χ4v) is 2.49. The van der Waals surface area contributed by atoms with Crippen LogP contribution in [0.25, 0.3) is 0 Å². The molecule has 2 heteroatoms. The van der Waals surface area contributed by atoms with Gasteiger partial charge in [-0.3, -0.25) is 0 Å². The SMILES string of the molecule is Cc1cccc(N2CCC(CN)C2C)c1. The highest BCUT2D eigenvalue weighted by Crippen LogP contribution is 2.29. The molecule has 0 amide bonds. The molecule has 0 bridgehead atoms. The summed E-state index contributed by atoms with van der Waals surface area (Å²) in [6, 6.07) is 9.31. The molecular formula is C13H20N2. The van der Waals surface area contributed by atoms with E-state index in [0.29, 0.717) is 12.0 Å². The minimum absolute atomic E-state index is 0.580. The fraction of sp³-hybridized carbons (Fsp3) is 0.538. The second-order valence-corrected chi connectivity index (χ2v) is 4.56. The lowest BCUT2D eigenvalue weighted by molar-refractivity contribution is 0.508. The maximum Gasteiger partial charge on any atom is 0.0371 e. The van der Waals surface area contributed by atoms with Crippen molar-refractivity contribution in [2.24, 2.45) is 11.7 Å². The Morgan fingerprint density at radius 1 is 1.47 bits per heavy atom. The molecule has 1 heterocycles. The van der Waals surface area contributed by atoms with Gasteiger partial charge >= 0.3 is 0 Å². The first-order valence-corrected chi connectivity index (χ1v) is 5.75. The summed E-state index contributed by atoms with van der Waals surface area (Å²) in [5.41, 5.74) is 8.44. The van der Waals surface area contributed by atoms with Crippen molar-refractivity contribution in [2.45, 2.75) is 26.3 Å². The number of nitrogens with zero attached hydrogens (tertiary/aromatic N) is 1. The monoisotopic (exact) mass is 204 g/mol. The Morgan fingerprint density at radius 2 is 2.27 bits per heavy atom. The van der Waals surface area contributed by atoms with Crippen molar-refractivity contribution < 1.29 is 0 Å². The molecule has 1 aliphatic heterocycles. The van der Waals surface area contributed by atoms with E-state index in [9.17, 15) is 0 Å². The van der Waals surface area contributed by atoms with Gasteiger partial charge in [-0.1, -0.05) is 12.1 Å². The van der Waals surface area contributed by atoms with Gasteiger partial charge in [0.2, 0.25) is 0 Å². The van der Waals surface area contributed by atoms with Gasteiger partial charge in [-0.25, -0.2) is 0 Å². The third-order valence-corrected chi connectivity index (χ3v) is 3.55. The second-order valence-electron chi connectivity index (χ2n) is 4.56. The van der Waals surface area contributed by atoms with E-state index in [-0.39, 0.29) is 0 Å². The minimum Gasteiger partial charge on any atom is -0.368 e. The quantitative estimate of drug-likeness (QED) is 0.800. The van der Waals surface area contributed by atoms with Crippen molar-refractivity contribution >= 4 is 5.69 Å². The summed E-state index contributed by atoms with van der Waals surface area (Å²) < 4.78 is 0. The second kappa shape index (κ2) is 4.23.